The summed E-state index contributed by atoms with van der Waals surface area (Å²) in [5, 5.41) is 0. The van der Waals surface area contributed by atoms with Gasteiger partial charge >= 0.3 is 0 Å². The molecule has 1 aromatic heterocycles. The second kappa shape index (κ2) is 5.89. The molecule has 0 atom stereocenters. The van der Waals surface area contributed by atoms with Gasteiger partial charge in [-0.3, -0.25) is 4.79 Å². The molecular formula is C20H17NO3. The van der Waals surface area contributed by atoms with Crippen LogP contribution < -0.4 is 4.74 Å². The van der Waals surface area contributed by atoms with E-state index in [0.717, 1.165) is 28.4 Å². The second-order valence-corrected chi connectivity index (χ2v) is 5.88. The van der Waals surface area contributed by atoms with Crippen LogP contribution in [0.2, 0.25) is 0 Å². The summed E-state index contributed by atoms with van der Waals surface area (Å²) in [6.07, 6.45) is 1.62. The highest BCUT2D eigenvalue weighted by Gasteiger charge is 2.34. The Balaban J connectivity index is 1.72. The van der Waals surface area contributed by atoms with Gasteiger partial charge in [-0.05, 0) is 24.3 Å². The lowest BCUT2D eigenvalue weighted by molar-refractivity contribution is -0.131. The first kappa shape index (κ1) is 14.6. The first-order valence-electron chi connectivity index (χ1n) is 7.87. The molecule has 4 nitrogen and oxygen atoms in total. The lowest BCUT2D eigenvalue weighted by Crippen LogP contribution is -2.33. The monoisotopic (exact) mass is 319 g/mol. The van der Waals surface area contributed by atoms with Gasteiger partial charge in [0, 0.05) is 18.2 Å². The summed E-state index contributed by atoms with van der Waals surface area (Å²) in [5.41, 5.74) is 1.79. The van der Waals surface area contributed by atoms with Gasteiger partial charge in [-0.25, -0.2) is 0 Å². The lowest BCUT2D eigenvalue weighted by atomic mass is 9.87. The third-order valence-corrected chi connectivity index (χ3v) is 4.28. The number of hydrogen-bond acceptors (Lipinski definition) is 3. The fraction of sp³-hybridized carbons (Fsp3) is 0.150. The number of furan rings is 1. The van der Waals surface area contributed by atoms with Crippen LogP contribution in [0.5, 0.6) is 11.5 Å². The molecule has 0 saturated heterocycles. The molecule has 4 heteroatoms. The molecule has 3 aromatic rings. The normalized spacial score (nSPS) is 12.9. The smallest absolute Gasteiger partial charge is 0.235 e. The van der Waals surface area contributed by atoms with Crippen molar-refractivity contribution in [3.8, 4) is 11.5 Å². The van der Waals surface area contributed by atoms with Crippen LogP contribution in [0.3, 0.4) is 0 Å². The molecule has 0 spiro atoms. The van der Waals surface area contributed by atoms with Gasteiger partial charge in [0.1, 0.15) is 17.3 Å². The fourth-order valence-electron chi connectivity index (χ4n) is 3.11. The van der Waals surface area contributed by atoms with Crippen LogP contribution in [-0.4, -0.2) is 17.9 Å². The van der Waals surface area contributed by atoms with Crippen molar-refractivity contribution in [1.29, 1.82) is 0 Å². The average Bonchev–Trinajstić information content (AvgIpc) is 3.12. The van der Waals surface area contributed by atoms with Gasteiger partial charge in [0.2, 0.25) is 5.91 Å². The zero-order valence-electron chi connectivity index (χ0n) is 13.3. The van der Waals surface area contributed by atoms with E-state index >= 15 is 0 Å². The van der Waals surface area contributed by atoms with E-state index < -0.39 is 0 Å². The average molecular weight is 319 g/mol. The SMILES string of the molecule is CN(Cc1ccco1)C(=O)C1c2ccccc2Oc2ccccc21. The van der Waals surface area contributed by atoms with Gasteiger partial charge in [0.15, 0.2) is 0 Å². The molecule has 0 fully saturated rings. The Bertz CT molecular complexity index is 825. The Morgan fingerprint density at radius 2 is 1.58 bits per heavy atom. The summed E-state index contributed by atoms with van der Waals surface area (Å²) in [4.78, 5) is 14.9. The number of carbonyl (C=O) groups is 1. The quantitative estimate of drug-likeness (QED) is 0.727. The van der Waals surface area contributed by atoms with E-state index in [1.807, 2.05) is 60.7 Å². The van der Waals surface area contributed by atoms with E-state index in [1.165, 1.54) is 0 Å². The van der Waals surface area contributed by atoms with Gasteiger partial charge < -0.3 is 14.1 Å². The molecule has 1 aliphatic heterocycles. The van der Waals surface area contributed by atoms with Crippen molar-refractivity contribution in [3.05, 3.63) is 83.8 Å². The maximum atomic E-state index is 13.2. The predicted octanol–water partition coefficient (Wildman–Crippen LogP) is 4.18. The highest BCUT2D eigenvalue weighted by atomic mass is 16.5. The minimum atomic E-state index is -0.369. The van der Waals surface area contributed by atoms with Crippen molar-refractivity contribution in [2.24, 2.45) is 0 Å². The minimum absolute atomic E-state index is 0.0228. The molecule has 0 unspecified atom stereocenters. The third kappa shape index (κ3) is 2.46. The molecule has 4 rings (SSSR count). The minimum Gasteiger partial charge on any atom is -0.467 e. The van der Waals surface area contributed by atoms with Gasteiger partial charge in [0.25, 0.3) is 0 Å². The molecule has 2 aromatic carbocycles. The molecule has 120 valence electrons. The highest BCUT2D eigenvalue weighted by molar-refractivity contribution is 5.89. The van der Waals surface area contributed by atoms with Crippen LogP contribution >= 0.6 is 0 Å². The lowest BCUT2D eigenvalue weighted by Gasteiger charge is -2.30. The molecule has 1 aliphatic rings. The van der Waals surface area contributed by atoms with Gasteiger partial charge in [0.05, 0.1) is 18.7 Å². The number of likely N-dealkylation sites (N-methyl/N-ethyl adjacent to an activating group) is 1. The highest BCUT2D eigenvalue weighted by Crippen LogP contribution is 2.44. The number of amides is 1. The van der Waals surface area contributed by atoms with Crippen LogP contribution in [0.4, 0.5) is 0 Å². The summed E-state index contributed by atoms with van der Waals surface area (Å²) < 4.78 is 11.3. The Kier molecular flexibility index (Phi) is 3.58. The number of carbonyl (C=O) groups excluding carboxylic acids is 1. The van der Waals surface area contributed by atoms with Crippen molar-refractivity contribution in [2.45, 2.75) is 12.5 Å². The van der Waals surface area contributed by atoms with Crippen molar-refractivity contribution in [3.63, 3.8) is 0 Å². The van der Waals surface area contributed by atoms with Crippen LogP contribution in [0.15, 0.2) is 71.3 Å². The topological polar surface area (TPSA) is 42.7 Å². The predicted molar refractivity (Wildman–Crippen MR) is 90.0 cm³/mol. The number of para-hydroxylation sites is 2. The van der Waals surface area contributed by atoms with E-state index in [2.05, 4.69) is 0 Å². The zero-order chi connectivity index (χ0) is 16.5. The molecule has 0 bridgehead atoms. The summed E-state index contributed by atoms with van der Waals surface area (Å²) in [6.45, 7) is 0.438. The number of hydrogen-bond donors (Lipinski definition) is 0. The van der Waals surface area contributed by atoms with Crippen LogP contribution in [0.1, 0.15) is 22.8 Å². The van der Waals surface area contributed by atoms with E-state index in [1.54, 1.807) is 18.2 Å². The molecular weight excluding hydrogens is 302 g/mol. The van der Waals surface area contributed by atoms with Crippen LogP contribution in [-0.2, 0) is 11.3 Å². The standard InChI is InChI=1S/C20H17NO3/c1-21(13-14-7-6-12-23-14)20(22)19-15-8-2-4-10-17(15)24-18-11-5-3-9-16(18)19/h2-12,19H,13H2,1H3. The summed E-state index contributed by atoms with van der Waals surface area (Å²) >= 11 is 0. The largest absolute Gasteiger partial charge is 0.467 e. The molecule has 0 aliphatic carbocycles. The molecule has 24 heavy (non-hydrogen) atoms. The number of nitrogens with zero attached hydrogens (tertiary/aromatic N) is 1. The molecule has 0 radical (unpaired) electrons. The van der Waals surface area contributed by atoms with E-state index in [0.29, 0.717) is 6.54 Å². The van der Waals surface area contributed by atoms with E-state index in [4.69, 9.17) is 9.15 Å². The zero-order valence-corrected chi connectivity index (χ0v) is 13.3. The van der Waals surface area contributed by atoms with E-state index in [-0.39, 0.29) is 11.8 Å². The number of fused-ring (bicyclic) bond motifs is 2. The van der Waals surface area contributed by atoms with Crippen molar-refractivity contribution in [2.75, 3.05) is 7.05 Å². The van der Waals surface area contributed by atoms with Crippen LogP contribution in [0.25, 0.3) is 0 Å². The van der Waals surface area contributed by atoms with Crippen molar-refractivity contribution >= 4 is 5.91 Å². The molecule has 1 amide bonds. The molecule has 0 N–H and O–H groups in total. The van der Waals surface area contributed by atoms with Crippen molar-refractivity contribution in [1.82, 2.24) is 4.90 Å². The van der Waals surface area contributed by atoms with E-state index in [9.17, 15) is 4.79 Å². The maximum absolute atomic E-state index is 13.2. The Hall–Kier alpha value is -3.01. The van der Waals surface area contributed by atoms with Gasteiger partial charge in [-0.1, -0.05) is 36.4 Å². The number of rotatable bonds is 3. The molecule has 2 heterocycles. The first-order chi connectivity index (χ1) is 11.7. The molecule has 0 saturated carbocycles. The van der Waals surface area contributed by atoms with Crippen molar-refractivity contribution < 1.29 is 13.9 Å². The first-order valence-corrected chi connectivity index (χ1v) is 7.87. The third-order valence-electron chi connectivity index (χ3n) is 4.28. The second-order valence-electron chi connectivity index (χ2n) is 5.88. The summed E-state index contributed by atoms with van der Waals surface area (Å²) in [6, 6.07) is 19.1. The Morgan fingerprint density at radius 1 is 0.958 bits per heavy atom. The Labute approximate surface area is 140 Å². The number of ether oxygens (including phenoxy) is 1. The van der Waals surface area contributed by atoms with Gasteiger partial charge in [-0.2, -0.15) is 0 Å². The summed E-state index contributed by atoms with van der Waals surface area (Å²) in [5.74, 6) is 1.89. The summed E-state index contributed by atoms with van der Waals surface area (Å²) in [7, 11) is 1.80. The van der Waals surface area contributed by atoms with Gasteiger partial charge in [-0.15, -0.1) is 0 Å². The number of benzene rings is 2. The fourth-order valence-corrected chi connectivity index (χ4v) is 3.11. The Morgan fingerprint density at radius 3 is 2.17 bits per heavy atom. The van der Waals surface area contributed by atoms with Crippen LogP contribution in [0, 0.1) is 0 Å². The maximum Gasteiger partial charge on any atom is 0.235 e.